The quantitative estimate of drug-likeness (QED) is 0.228. The maximum atomic E-state index is 15.3. The Hall–Kier alpha value is -3.90. The van der Waals surface area contributed by atoms with Crippen molar-refractivity contribution in [3.8, 4) is 0 Å². The molecule has 0 radical (unpaired) electrons. The summed E-state index contributed by atoms with van der Waals surface area (Å²) in [5.74, 6) is -8.66. The number of carbonyl (C=O) groups excluding carboxylic acids is 6. The van der Waals surface area contributed by atoms with Gasteiger partial charge in [-0.1, -0.05) is 59.6 Å². The smallest absolute Gasteiger partial charge is 0.289 e. The molecule has 0 bridgehead atoms. The van der Waals surface area contributed by atoms with Gasteiger partial charge in [0.05, 0.1) is 13.6 Å². The Morgan fingerprint density at radius 3 is 2.37 bits per heavy atom. The van der Waals surface area contributed by atoms with Gasteiger partial charge in [-0.05, 0) is 68.1 Å². The third-order valence-electron chi connectivity index (χ3n) is 10.1. The van der Waals surface area contributed by atoms with E-state index in [1.807, 2.05) is 5.32 Å². The fourth-order valence-electron chi connectivity index (χ4n) is 7.46. The Kier molecular flexibility index (Phi) is 8.08. The lowest BCUT2D eigenvalue weighted by Gasteiger charge is -2.38. The lowest BCUT2D eigenvalue weighted by atomic mass is 9.82. The molecule has 3 aliphatic carbocycles. The van der Waals surface area contributed by atoms with Crippen molar-refractivity contribution < 1.29 is 42.5 Å². The maximum absolute atomic E-state index is 15.3. The molecule has 13 heteroatoms. The highest BCUT2D eigenvalue weighted by molar-refractivity contribution is 6.38. The van der Waals surface area contributed by atoms with Gasteiger partial charge in [-0.15, -0.1) is 0 Å². The average Bonchev–Trinajstić information content (AvgIpc) is 3.72. The van der Waals surface area contributed by atoms with E-state index in [0.29, 0.717) is 64.2 Å². The number of Topliss-reactive ketones (excluding diaryl/α,β-unsaturated/α-hetero) is 1. The second kappa shape index (κ2) is 15.8. The van der Waals surface area contributed by atoms with Gasteiger partial charge in [0.15, 0.2) is 0 Å². The van der Waals surface area contributed by atoms with Crippen LogP contribution in [0.3, 0.4) is 0 Å². The number of hydrogen-bond donors (Lipinski definition) is 4. The van der Waals surface area contributed by atoms with E-state index < -0.39 is 103 Å². The van der Waals surface area contributed by atoms with Crippen LogP contribution in [0.15, 0.2) is 18.6 Å². The summed E-state index contributed by atoms with van der Waals surface area (Å²) in [7, 11) is 0. The van der Waals surface area contributed by atoms with Gasteiger partial charge in [0, 0.05) is 37.3 Å². The number of ketones is 1. The second-order valence-electron chi connectivity index (χ2n) is 13.8. The molecule has 1 aromatic heterocycles. The van der Waals surface area contributed by atoms with Crippen LogP contribution in [0, 0.1) is 23.2 Å². The summed E-state index contributed by atoms with van der Waals surface area (Å²) < 4.78 is 86.4. The number of carbonyl (C=O) groups is 6. The van der Waals surface area contributed by atoms with Crippen LogP contribution in [0.1, 0.15) is 129 Å². The Balaban J connectivity index is 1.62. The minimum atomic E-state index is -4.32. The zero-order valence-electron chi connectivity index (χ0n) is 37.8. The van der Waals surface area contributed by atoms with Gasteiger partial charge in [0.2, 0.25) is 23.5 Å². The highest BCUT2D eigenvalue weighted by Gasteiger charge is 2.52. The molecule has 1 aliphatic heterocycles. The zero-order chi connectivity index (χ0) is 43.7. The van der Waals surface area contributed by atoms with Crippen LogP contribution in [0.4, 0.5) is 0 Å². The predicted molar refractivity (Wildman–Crippen MR) is 181 cm³/mol. The first-order valence-corrected chi connectivity index (χ1v) is 17.3. The number of nitrogens with one attached hydrogen (secondary N) is 4. The van der Waals surface area contributed by atoms with E-state index in [-0.39, 0.29) is 24.7 Å². The normalized spacial score (nSPS) is 28.7. The molecule has 49 heavy (non-hydrogen) atoms. The molecule has 4 aliphatic rings. The number of aromatic nitrogens is 2. The summed E-state index contributed by atoms with van der Waals surface area (Å²) >= 11 is 0. The topological polar surface area (TPSA) is 180 Å². The maximum Gasteiger partial charge on any atom is 0.289 e. The summed E-state index contributed by atoms with van der Waals surface area (Å²) in [6, 6.07) is -8.80. The van der Waals surface area contributed by atoms with Crippen molar-refractivity contribution in [3.63, 3.8) is 0 Å². The lowest BCUT2D eigenvalue weighted by molar-refractivity contribution is -0.146. The van der Waals surface area contributed by atoms with Crippen molar-refractivity contribution in [2.45, 2.75) is 135 Å². The van der Waals surface area contributed by atoms with Crippen LogP contribution in [0.2, 0.25) is 0 Å². The third kappa shape index (κ3) is 8.83. The lowest BCUT2D eigenvalue weighted by Crippen LogP contribution is -2.62. The Labute approximate surface area is 303 Å². The highest BCUT2D eigenvalue weighted by atomic mass is 16.2. The number of nitrogens with zero attached hydrogens (tertiary/aromatic N) is 3. The van der Waals surface area contributed by atoms with Gasteiger partial charge < -0.3 is 26.2 Å². The molecule has 6 atom stereocenters. The molecule has 5 amide bonds. The van der Waals surface area contributed by atoms with E-state index in [1.54, 1.807) is 6.92 Å². The van der Waals surface area contributed by atoms with Crippen molar-refractivity contribution in [2.24, 2.45) is 23.2 Å². The van der Waals surface area contributed by atoms with Gasteiger partial charge in [-0.25, -0.2) is 4.98 Å². The minimum Gasteiger partial charge on any atom is -0.347 e. The summed E-state index contributed by atoms with van der Waals surface area (Å²) in [6.45, 7) is -11.2. The predicted octanol–water partition coefficient (Wildman–Crippen LogP) is 2.45. The summed E-state index contributed by atoms with van der Waals surface area (Å²) in [5, 5.41) is 9.67. The molecule has 3 saturated carbocycles. The first-order chi connectivity index (χ1) is 27.5. The van der Waals surface area contributed by atoms with E-state index in [9.17, 15) is 25.3 Å². The van der Waals surface area contributed by atoms with Crippen LogP contribution in [-0.2, 0) is 24.0 Å². The van der Waals surface area contributed by atoms with Crippen LogP contribution in [0.25, 0.3) is 0 Å². The minimum absolute atomic E-state index is 0.0267. The molecular formula is C36H53N7O6. The van der Waals surface area contributed by atoms with Gasteiger partial charge in [0.25, 0.3) is 11.8 Å². The molecule has 0 spiro atoms. The van der Waals surface area contributed by atoms with E-state index in [0.717, 1.165) is 17.5 Å². The fraction of sp³-hybridized carbons (Fsp3) is 0.722. The molecule has 5 rings (SSSR count). The number of fused-ring (bicyclic) bond motifs is 1. The highest BCUT2D eigenvalue weighted by Crippen LogP contribution is 2.43. The molecule has 4 N–H and O–H groups in total. The Morgan fingerprint density at radius 2 is 1.71 bits per heavy atom. The van der Waals surface area contributed by atoms with E-state index in [4.69, 9.17) is 12.3 Å². The van der Waals surface area contributed by atoms with Crippen LogP contribution in [-0.4, -0.2) is 86.9 Å². The molecule has 268 valence electrons. The number of amides is 5. The van der Waals surface area contributed by atoms with Crippen molar-refractivity contribution >= 4 is 35.3 Å². The summed E-state index contributed by atoms with van der Waals surface area (Å²) in [4.78, 5) is 92.4. The van der Waals surface area contributed by atoms with Gasteiger partial charge in [-0.2, -0.15) is 0 Å². The van der Waals surface area contributed by atoms with Crippen LogP contribution < -0.4 is 21.3 Å². The molecule has 2 heterocycles. The monoisotopic (exact) mass is 689 g/mol. The molecule has 0 aromatic carbocycles. The van der Waals surface area contributed by atoms with Crippen LogP contribution >= 0.6 is 0 Å². The van der Waals surface area contributed by atoms with Gasteiger partial charge in [-0.3, -0.25) is 33.8 Å². The molecule has 1 aromatic rings. The Bertz CT molecular complexity index is 1720. The fourth-order valence-corrected chi connectivity index (χ4v) is 7.46. The van der Waals surface area contributed by atoms with E-state index in [1.165, 1.54) is 12.4 Å². The summed E-state index contributed by atoms with van der Waals surface area (Å²) in [6.07, 6.45) is 9.45. The number of rotatable bonds is 13. The molecule has 4 fully saturated rings. The van der Waals surface area contributed by atoms with Crippen molar-refractivity contribution in [3.05, 3.63) is 24.3 Å². The standard InChI is InChI=1S/C36H53N7O6/c1-5-10-25(29(44)34(48)39-23-15-16-23)40-33(47)28-24-14-9-13-22(24)20-43(28)35(49)30(36(2,3)4)42-32(46)27(21-11-7-6-8-12-21)41-31(45)26-19-37-17-18-38-26/h17-19,21-25,27-28,30H,5-16,20H2,1-4H3,(H,39,48)(H,40,47)(H,41,45)(H,42,46)/t22-,24-,25-,27-,28-,30+/m0/s1/i2D3,3D3,4D3,30D. The SMILES string of the molecule is [2H]C([2H])([2H])C(C([2H])([2H])[2H])(C([2H])([2H])[2H])[C@]([2H])(NC(=O)[C@@H](NC(=O)c1cnccn1)C1CCCCC1)C(=O)N1C[C@@H]2CCC[C@@H]2[C@H]1C(=O)N[C@@H](CCC)C(=O)C(=O)NC1CC1. The largest absolute Gasteiger partial charge is 0.347 e. The molecule has 0 unspecified atom stereocenters. The number of hydrogen-bond acceptors (Lipinski definition) is 8. The average molecular weight is 690 g/mol. The summed E-state index contributed by atoms with van der Waals surface area (Å²) in [5.41, 5.74) is -4.54. The molecule has 13 nitrogen and oxygen atoms in total. The zero-order valence-corrected chi connectivity index (χ0v) is 27.8. The first kappa shape index (κ1) is 25.1. The van der Waals surface area contributed by atoms with Gasteiger partial charge in [0.1, 0.15) is 23.8 Å². The second-order valence-corrected chi connectivity index (χ2v) is 13.8. The van der Waals surface area contributed by atoms with E-state index >= 15 is 4.79 Å². The van der Waals surface area contributed by atoms with Crippen molar-refractivity contribution in [1.82, 2.24) is 36.1 Å². The van der Waals surface area contributed by atoms with Crippen LogP contribution in [0.5, 0.6) is 0 Å². The number of likely N-dealkylation sites (tertiary alicyclic amines) is 1. The van der Waals surface area contributed by atoms with E-state index in [2.05, 4.69) is 25.9 Å². The third-order valence-corrected chi connectivity index (χ3v) is 10.1. The Morgan fingerprint density at radius 1 is 0.959 bits per heavy atom. The van der Waals surface area contributed by atoms with Crippen molar-refractivity contribution in [2.75, 3.05) is 6.54 Å². The first-order valence-electron chi connectivity index (χ1n) is 22.3. The molecular weight excluding hydrogens is 626 g/mol. The molecule has 1 saturated heterocycles. The van der Waals surface area contributed by atoms with Gasteiger partial charge >= 0.3 is 0 Å². The van der Waals surface area contributed by atoms with Crippen molar-refractivity contribution in [1.29, 1.82) is 0 Å².